The van der Waals surface area contributed by atoms with Gasteiger partial charge in [0.05, 0.1) is 10.5 Å². The second-order valence-corrected chi connectivity index (χ2v) is 8.82. The predicted molar refractivity (Wildman–Crippen MR) is 128 cm³/mol. The van der Waals surface area contributed by atoms with E-state index in [-0.39, 0.29) is 23.6 Å². The number of pyridine rings is 2. The van der Waals surface area contributed by atoms with Crippen molar-refractivity contribution in [2.45, 2.75) is 44.7 Å². The summed E-state index contributed by atoms with van der Waals surface area (Å²) in [5.41, 5.74) is 1.96. The number of fused-ring (bicyclic) bond motifs is 3. The van der Waals surface area contributed by atoms with Crippen LogP contribution in [0.15, 0.2) is 58.1 Å². The molecule has 1 N–H and O–H groups in total. The zero-order valence-corrected chi connectivity index (χ0v) is 18.9. The molecule has 5 rings (SSSR count). The number of amides is 1. The fourth-order valence-corrected chi connectivity index (χ4v) is 5.02. The molecule has 0 bridgehead atoms. The van der Waals surface area contributed by atoms with Crippen molar-refractivity contribution in [2.24, 2.45) is 0 Å². The van der Waals surface area contributed by atoms with Crippen LogP contribution in [0.1, 0.15) is 43.0 Å². The lowest BCUT2D eigenvalue weighted by atomic mass is 9.90. The minimum absolute atomic E-state index is 0.0322. The minimum atomic E-state index is -0.157. The number of hydrogen-bond acceptors (Lipinski definition) is 5. The first-order valence-corrected chi connectivity index (χ1v) is 11.4. The maximum absolute atomic E-state index is 13.5. The first-order valence-electron chi connectivity index (χ1n) is 11.0. The van der Waals surface area contributed by atoms with Gasteiger partial charge in [-0.15, -0.1) is 0 Å². The standard InChI is InChI=1S/C25H23ClN4O3/c1-15-22-24(29-33-15)23-19(26)8-3-9-20(23)30(25(22)32)18-7-2-6-17(13-18)28-21(31)11-10-16-5-4-12-27-14-16/h3-5,8-12,14,17-18H,2,6-7,13H2,1H3,(H,28,31). The van der Waals surface area contributed by atoms with Crippen molar-refractivity contribution in [3.05, 3.63) is 75.5 Å². The van der Waals surface area contributed by atoms with E-state index in [0.29, 0.717) is 28.1 Å². The lowest BCUT2D eigenvalue weighted by molar-refractivity contribution is -0.117. The van der Waals surface area contributed by atoms with Gasteiger partial charge in [-0.2, -0.15) is 0 Å². The Hall–Kier alpha value is -3.45. The first-order chi connectivity index (χ1) is 16.0. The highest BCUT2D eigenvalue weighted by Gasteiger charge is 2.28. The highest BCUT2D eigenvalue weighted by molar-refractivity contribution is 6.37. The number of hydrogen-bond donors (Lipinski definition) is 1. The van der Waals surface area contributed by atoms with Crippen molar-refractivity contribution in [1.82, 2.24) is 20.0 Å². The van der Waals surface area contributed by atoms with E-state index in [0.717, 1.165) is 35.7 Å². The molecule has 0 radical (unpaired) electrons. The summed E-state index contributed by atoms with van der Waals surface area (Å²) in [6, 6.07) is 9.13. The Balaban J connectivity index is 1.45. The van der Waals surface area contributed by atoms with Crippen LogP contribution in [0.25, 0.3) is 27.9 Å². The van der Waals surface area contributed by atoms with Crippen LogP contribution in [0.4, 0.5) is 0 Å². The summed E-state index contributed by atoms with van der Waals surface area (Å²) >= 11 is 6.53. The van der Waals surface area contributed by atoms with Gasteiger partial charge in [-0.25, -0.2) is 0 Å². The largest absolute Gasteiger partial charge is 0.360 e. The van der Waals surface area contributed by atoms with E-state index in [1.54, 1.807) is 31.5 Å². The zero-order valence-electron chi connectivity index (χ0n) is 18.1. The Morgan fingerprint density at radius 2 is 2.12 bits per heavy atom. The van der Waals surface area contributed by atoms with Crippen LogP contribution in [-0.4, -0.2) is 26.7 Å². The van der Waals surface area contributed by atoms with Crippen LogP contribution < -0.4 is 10.9 Å². The molecule has 0 saturated heterocycles. The third-order valence-corrected chi connectivity index (χ3v) is 6.57. The third-order valence-electron chi connectivity index (χ3n) is 6.25. The van der Waals surface area contributed by atoms with Gasteiger partial charge in [0.2, 0.25) is 5.91 Å². The van der Waals surface area contributed by atoms with Gasteiger partial charge in [-0.3, -0.25) is 14.6 Å². The Bertz CT molecular complexity index is 1420. The van der Waals surface area contributed by atoms with Gasteiger partial charge < -0.3 is 14.4 Å². The molecule has 7 nitrogen and oxygen atoms in total. The van der Waals surface area contributed by atoms with Gasteiger partial charge in [0.25, 0.3) is 5.56 Å². The van der Waals surface area contributed by atoms with Gasteiger partial charge in [0.1, 0.15) is 16.7 Å². The highest BCUT2D eigenvalue weighted by Crippen LogP contribution is 2.35. The number of nitrogens with zero attached hydrogens (tertiary/aromatic N) is 3. The smallest absolute Gasteiger partial charge is 0.264 e. The molecule has 1 fully saturated rings. The van der Waals surface area contributed by atoms with Crippen molar-refractivity contribution in [3.63, 3.8) is 0 Å². The normalized spacial score (nSPS) is 18.8. The molecular weight excluding hydrogens is 440 g/mol. The fourth-order valence-electron chi connectivity index (χ4n) is 4.76. The fraction of sp³-hybridized carbons (Fsp3) is 0.280. The highest BCUT2D eigenvalue weighted by atomic mass is 35.5. The summed E-state index contributed by atoms with van der Waals surface area (Å²) in [7, 11) is 0. The third kappa shape index (κ3) is 4.04. The van der Waals surface area contributed by atoms with E-state index in [2.05, 4.69) is 15.5 Å². The lowest BCUT2D eigenvalue weighted by Crippen LogP contribution is -2.40. The van der Waals surface area contributed by atoms with Gasteiger partial charge in [-0.05, 0) is 62.4 Å². The Labute approximate surface area is 195 Å². The molecule has 1 aliphatic carbocycles. The molecule has 1 saturated carbocycles. The first kappa shape index (κ1) is 21.4. The molecule has 4 aromatic rings. The topological polar surface area (TPSA) is 90.0 Å². The number of benzene rings is 1. The van der Waals surface area contributed by atoms with E-state index in [9.17, 15) is 9.59 Å². The molecule has 1 aliphatic rings. The number of rotatable bonds is 4. The molecular formula is C25H23ClN4O3. The van der Waals surface area contributed by atoms with Crippen LogP contribution >= 0.6 is 11.6 Å². The Kier molecular flexibility index (Phi) is 5.72. The molecule has 0 spiro atoms. The lowest BCUT2D eigenvalue weighted by Gasteiger charge is -2.31. The van der Waals surface area contributed by atoms with Gasteiger partial charge in [0, 0.05) is 35.9 Å². The van der Waals surface area contributed by atoms with Gasteiger partial charge in [0.15, 0.2) is 0 Å². The predicted octanol–water partition coefficient (Wildman–Crippen LogP) is 4.81. The van der Waals surface area contributed by atoms with Crippen LogP contribution in [0.2, 0.25) is 5.02 Å². The number of carbonyl (C=O) groups excluding carboxylic acids is 1. The van der Waals surface area contributed by atoms with Gasteiger partial charge in [-0.1, -0.05) is 28.9 Å². The summed E-state index contributed by atoms with van der Waals surface area (Å²) in [4.78, 5) is 30.1. The summed E-state index contributed by atoms with van der Waals surface area (Å²) in [6.45, 7) is 1.74. The quantitative estimate of drug-likeness (QED) is 0.439. The molecule has 8 heteroatoms. The number of nitrogens with one attached hydrogen (secondary N) is 1. The SMILES string of the molecule is Cc1onc2c1c(=O)n(C1CCCC(NC(=O)C=Cc3cccnc3)C1)c1cccc(Cl)c21. The van der Waals surface area contributed by atoms with Crippen molar-refractivity contribution < 1.29 is 9.32 Å². The van der Waals surface area contributed by atoms with Crippen molar-refractivity contribution in [2.75, 3.05) is 0 Å². The summed E-state index contributed by atoms with van der Waals surface area (Å²) in [5.74, 6) is 0.321. The maximum Gasteiger partial charge on any atom is 0.264 e. The molecule has 168 valence electrons. The molecule has 2 unspecified atom stereocenters. The minimum Gasteiger partial charge on any atom is -0.360 e. The molecule has 1 aromatic carbocycles. The van der Waals surface area contributed by atoms with Crippen molar-refractivity contribution >= 4 is 45.4 Å². The maximum atomic E-state index is 13.5. The number of aromatic nitrogens is 3. The van der Waals surface area contributed by atoms with Crippen LogP contribution in [0, 0.1) is 6.92 Å². The van der Waals surface area contributed by atoms with E-state index in [4.69, 9.17) is 16.1 Å². The van der Waals surface area contributed by atoms with E-state index in [1.807, 2.05) is 28.8 Å². The average Bonchev–Trinajstić information content (AvgIpc) is 3.20. The second-order valence-electron chi connectivity index (χ2n) is 8.42. The van der Waals surface area contributed by atoms with Gasteiger partial charge >= 0.3 is 0 Å². The second kappa shape index (κ2) is 8.83. The summed E-state index contributed by atoms with van der Waals surface area (Å²) < 4.78 is 7.16. The summed E-state index contributed by atoms with van der Waals surface area (Å²) in [6.07, 6.45) is 9.92. The molecule has 3 heterocycles. The Morgan fingerprint density at radius 1 is 1.24 bits per heavy atom. The average molecular weight is 463 g/mol. The van der Waals surface area contributed by atoms with E-state index in [1.165, 1.54) is 6.08 Å². The summed E-state index contributed by atoms with van der Waals surface area (Å²) in [5, 5.41) is 8.91. The Morgan fingerprint density at radius 3 is 2.94 bits per heavy atom. The number of carbonyl (C=O) groups is 1. The molecule has 0 aliphatic heterocycles. The van der Waals surface area contributed by atoms with Crippen molar-refractivity contribution in [1.29, 1.82) is 0 Å². The molecule has 2 atom stereocenters. The van der Waals surface area contributed by atoms with Crippen LogP contribution in [-0.2, 0) is 4.79 Å². The number of halogens is 1. The van der Waals surface area contributed by atoms with Crippen LogP contribution in [0.3, 0.4) is 0 Å². The van der Waals surface area contributed by atoms with E-state index >= 15 is 0 Å². The molecule has 1 amide bonds. The monoisotopic (exact) mass is 462 g/mol. The zero-order chi connectivity index (χ0) is 22.9. The molecule has 3 aromatic heterocycles. The molecule has 33 heavy (non-hydrogen) atoms. The van der Waals surface area contributed by atoms with E-state index < -0.39 is 0 Å². The number of aryl methyl sites for hydroxylation is 1. The van der Waals surface area contributed by atoms with Crippen LogP contribution in [0.5, 0.6) is 0 Å². The van der Waals surface area contributed by atoms with Crippen molar-refractivity contribution in [3.8, 4) is 0 Å².